The molecule has 158 valence electrons. The molecule has 2 heterocycles. The molecule has 6 heteroatoms. The SMILES string of the molecule is C=CCNC(=O)[C@H]1Cc2ccc(OC)cc2N2CCN(Cc3ccc(F)cc3)C[C@@H]12. The van der Waals surface area contributed by atoms with Gasteiger partial charge >= 0.3 is 0 Å². The van der Waals surface area contributed by atoms with E-state index in [1.807, 2.05) is 18.2 Å². The minimum Gasteiger partial charge on any atom is -0.497 e. The van der Waals surface area contributed by atoms with Crippen LogP contribution in [0.5, 0.6) is 5.75 Å². The van der Waals surface area contributed by atoms with E-state index in [1.165, 1.54) is 17.7 Å². The van der Waals surface area contributed by atoms with Crippen LogP contribution in [-0.2, 0) is 17.8 Å². The summed E-state index contributed by atoms with van der Waals surface area (Å²) < 4.78 is 18.7. The van der Waals surface area contributed by atoms with Crippen LogP contribution in [0.3, 0.4) is 0 Å². The lowest BCUT2D eigenvalue weighted by Gasteiger charge is -2.49. The molecule has 0 unspecified atom stereocenters. The van der Waals surface area contributed by atoms with Crippen LogP contribution >= 0.6 is 0 Å². The molecule has 2 aliphatic heterocycles. The molecule has 0 spiro atoms. The highest BCUT2D eigenvalue weighted by Crippen LogP contribution is 2.38. The standard InChI is InChI=1S/C24H28FN3O2/c1-3-10-26-24(29)21-13-18-6-9-20(30-2)14-22(18)28-12-11-27(16-23(21)28)15-17-4-7-19(25)8-5-17/h3-9,14,21,23H,1,10-13,15-16H2,2H3,(H,26,29)/t21-,23-/m0/s1. The van der Waals surface area contributed by atoms with Crippen LogP contribution in [0.1, 0.15) is 11.1 Å². The number of fused-ring (bicyclic) bond motifs is 3. The number of benzene rings is 2. The van der Waals surface area contributed by atoms with Crippen LogP contribution in [0.25, 0.3) is 0 Å². The van der Waals surface area contributed by atoms with Gasteiger partial charge in [-0.15, -0.1) is 6.58 Å². The van der Waals surface area contributed by atoms with E-state index < -0.39 is 0 Å². The lowest BCUT2D eigenvalue weighted by molar-refractivity contribution is -0.126. The molecular formula is C24H28FN3O2. The van der Waals surface area contributed by atoms with Crippen molar-refractivity contribution in [1.82, 2.24) is 10.2 Å². The topological polar surface area (TPSA) is 44.8 Å². The maximum atomic E-state index is 13.2. The lowest BCUT2D eigenvalue weighted by Crippen LogP contribution is -2.60. The fourth-order valence-corrected chi connectivity index (χ4v) is 4.56. The quantitative estimate of drug-likeness (QED) is 0.745. The number of hydrogen-bond acceptors (Lipinski definition) is 4. The summed E-state index contributed by atoms with van der Waals surface area (Å²) in [5, 5.41) is 2.99. The Balaban J connectivity index is 1.58. The first-order chi connectivity index (χ1) is 14.6. The maximum Gasteiger partial charge on any atom is 0.225 e. The van der Waals surface area contributed by atoms with E-state index in [1.54, 1.807) is 13.2 Å². The summed E-state index contributed by atoms with van der Waals surface area (Å²) in [5.41, 5.74) is 3.42. The van der Waals surface area contributed by atoms with Gasteiger partial charge < -0.3 is 15.0 Å². The summed E-state index contributed by atoms with van der Waals surface area (Å²) in [6.07, 6.45) is 2.41. The van der Waals surface area contributed by atoms with E-state index >= 15 is 0 Å². The first-order valence-corrected chi connectivity index (χ1v) is 10.4. The monoisotopic (exact) mass is 409 g/mol. The maximum absolute atomic E-state index is 13.2. The molecule has 2 aliphatic rings. The Hall–Kier alpha value is -2.86. The van der Waals surface area contributed by atoms with Crippen LogP contribution in [0.2, 0.25) is 0 Å². The van der Waals surface area contributed by atoms with E-state index in [4.69, 9.17) is 4.74 Å². The van der Waals surface area contributed by atoms with Crippen molar-refractivity contribution < 1.29 is 13.9 Å². The number of rotatable bonds is 6. The van der Waals surface area contributed by atoms with Gasteiger partial charge in [0.25, 0.3) is 0 Å². The van der Waals surface area contributed by atoms with Crippen molar-refractivity contribution in [3.8, 4) is 5.75 Å². The number of ether oxygens (including phenoxy) is 1. The zero-order valence-corrected chi connectivity index (χ0v) is 17.3. The summed E-state index contributed by atoms with van der Waals surface area (Å²) in [6, 6.07) is 12.8. The lowest BCUT2D eigenvalue weighted by atomic mass is 9.83. The highest BCUT2D eigenvalue weighted by atomic mass is 19.1. The number of hydrogen-bond donors (Lipinski definition) is 1. The van der Waals surface area contributed by atoms with E-state index in [2.05, 4.69) is 33.8 Å². The van der Waals surface area contributed by atoms with Crippen molar-refractivity contribution in [2.24, 2.45) is 5.92 Å². The molecular weight excluding hydrogens is 381 g/mol. The highest BCUT2D eigenvalue weighted by Gasteiger charge is 2.41. The number of halogens is 1. The Bertz CT molecular complexity index is 915. The molecule has 0 saturated carbocycles. The van der Waals surface area contributed by atoms with E-state index in [0.29, 0.717) is 13.0 Å². The Morgan fingerprint density at radius 2 is 2.07 bits per heavy atom. The van der Waals surface area contributed by atoms with Gasteiger partial charge in [-0.2, -0.15) is 0 Å². The van der Waals surface area contributed by atoms with E-state index in [0.717, 1.165) is 43.2 Å². The Kier molecular flexibility index (Phi) is 6.04. The van der Waals surface area contributed by atoms with Gasteiger partial charge in [0.1, 0.15) is 11.6 Å². The summed E-state index contributed by atoms with van der Waals surface area (Å²) in [4.78, 5) is 17.7. The normalized spacial score (nSPS) is 20.8. The fraction of sp³-hybridized carbons (Fsp3) is 0.375. The minimum absolute atomic E-state index is 0.0648. The van der Waals surface area contributed by atoms with Crippen molar-refractivity contribution in [2.45, 2.75) is 19.0 Å². The van der Waals surface area contributed by atoms with Gasteiger partial charge in [-0.25, -0.2) is 4.39 Å². The zero-order valence-electron chi connectivity index (χ0n) is 17.3. The molecule has 1 fully saturated rings. The van der Waals surface area contributed by atoms with Crippen molar-refractivity contribution >= 4 is 11.6 Å². The van der Waals surface area contributed by atoms with Crippen molar-refractivity contribution in [3.05, 3.63) is 72.1 Å². The molecule has 2 atom stereocenters. The Morgan fingerprint density at radius 1 is 1.27 bits per heavy atom. The van der Waals surface area contributed by atoms with Crippen LogP contribution in [0, 0.1) is 11.7 Å². The second-order valence-corrected chi connectivity index (χ2v) is 7.96. The van der Waals surface area contributed by atoms with Gasteiger partial charge in [0.2, 0.25) is 5.91 Å². The number of amides is 1. The molecule has 0 aromatic heterocycles. The average Bonchev–Trinajstić information content (AvgIpc) is 2.78. The van der Waals surface area contributed by atoms with Gasteiger partial charge in [0.15, 0.2) is 0 Å². The third kappa shape index (κ3) is 4.19. The molecule has 1 amide bonds. The van der Waals surface area contributed by atoms with Crippen molar-refractivity contribution in [2.75, 3.05) is 38.2 Å². The second kappa shape index (κ2) is 8.88. The average molecular weight is 410 g/mol. The van der Waals surface area contributed by atoms with Gasteiger partial charge in [-0.1, -0.05) is 24.3 Å². The smallest absolute Gasteiger partial charge is 0.225 e. The number of methoxy groups -OCH3 is 1. The summed E-state index contributed by atoms with van der Waals surface area (Å²) in [5.74, 6) is 0.535. The summed E-state index contributed by atoms with van der Waals surface area (Å²) in [7, 11) is 1.67. The fourth-order valence-electron chi connectivity index (χ4n) is 4.56. The number of carbonyl (C=O) groups is 1. The van der Waals surface area contributed by atoms with Gasteiger partial charge in [-0.05, 0) is 35.7 Å². The molecule has 5 nitrogen and oxygen atoms in total. The van der Waals surface area contributed by atoms with Gasteiger partial charge in [0, 0.05) is 44.5 Å². The predicted molar refractivity (Wildman–Crippen MR) is 116 cm³/mol. The second-order valence-electron chi connectivity index (χ2n) is 7.96. The molecule has 0 bridgehead atoms. The largest absolute Gasteiger partial charge is 0.497 e. The first kappa shape index (κ1) is 20.4. The van der Waals surface area contributed by atoms with Gasteiger partial charge in [0.05, 0.1) is 19.1 Å². The Morgan fingerprint density at radius 3 is 2.80 bits per heavy atom. The number of nitrogens with zero attached hydrogens (tertiary/aromatic N) is 2. The number of anilines is 1. The molecule has 30 heavy (non-hydrogen) atoms. The summed E-state index contributed by atoms with van der Waals surface area (Å²) >= 11 is 0. The van der Waals surface area contributed by atoms with Crippen molar-refractivity contribution in [1.29, 1.82) is 0 Å². The predicted octanol–water partition coefficient (Wildman–Crippen LogP) is 3.00. The van der Waals surface area contributed by atoms with E-state index in [-0.39, 0.29) is 23.7 Å². The van der Waals surface area contributed by atoms with E-state index in [9.17, 15) is 9.18 Å². The third-order valence-corrected chi connectivity index (χ3v) is 6.09. The third-order valence-electron chi connectivity index (χ3n) is 6.09. The van der Waals surface area contributed by atoms with Crippen LogP contribution in [-0.4, -0.2) is 50.1 Å². The van der Waals surface area contributed by atoms with Crippen molar-refractivity contribution in [3.63, 3.8) is 0 Å². The molecule has 0 aliphatic carbocycles. The number of carbonyl (C=O) groups excluding carboxylic acids is 1. The summed E-state index contributed by atoms with van der Waals surface area (Å²) in [6.45, 7) is 7.41. The number of piperazine rings is 1. The molecule has 1 saturated heterocycles. The van der Waals surface area contributed by atoms with Crippen LogP contribution < -0.4 is 15.0 Å². The van der Waals surface area contributed by atoms with Crippen LogP contribution in [0.4, 0.5) is 10.1 Å². The Labute approximate surface area is 177 Å². The molecule has 2 aromatic rings. The zero-order chi connectivity index (χ0) is 21.1. The number of nitrogens with one attached hydrogen (secondary N) is 1. The van der Waals surface area contributed by atoms with Crippen LogP contribution in [0.15, 0.2) is 55.1 Å². The molecule has 2 aromatic carbocycles. The molecule has 1 N–H and O–H groups in total. The highest BCUT2D eigenvalue weighted by molar-refractivity contribution is 5.82. The molecule has 4 rings (SSSR count). The molecule has 0 radical (unpaired) electrons. The first-order valence-electron chi connectivity index (χ1n) is 10.4. The van der Waals surface area contributed by atoms with Gasteiger partial charge in [-0.3, -0.25) is 9.69 Å². The minimum atomic E-state index is -0.222.